The summed E-state index contributed by atoms with van der Waals surface area (Å²) in [5.41, 5.74) is 1.06. The maximum atomic E-state index is 13.6. The van der Waals surface area contributed by atoms with E-state index in [1.54, 1.807) is 6.92 Å². The van der Waals surface area contributed by atoms with Crippen molar-refractivity contribution in [3.8, 4) is 0 Å². The van der Waals surface area contributed by atoms with Crippen LogP contribution in [0.2, 0.25) is 0 Å². The summed E-state index contributed by atoms with van der Waals surface area (Å²) in [5.74, 6) is -2.22. The molecule has 1 aliphatic carbocycles. The third kappa shape index (κ3) is 4.82. The number of rotatable bonds is 6. The van der Waals surface area contributed by atoms with Crippen molar-refractivity contribution in [3.63, 3.8) is 0 Å². The lowest BCUT2D eigenvalue weighted by atomic mass is 9.88. The van der Waals surface area contributed by atoms with E-state index in [0.717, 1.165) is 35.8 Å². The Hall–Kier alpha value is -2.74. The number of anilines is 1. The molecule has 0 bridgehead atoms. The lowest BCUT2D eigenvalue weighted by Gasteiger charge is -2.18. The zero-order valence-corrected chi connectivity index (χ0v) is 17.1. The number of ether oxygens (including phenoxy) is 2. The minimum atomic E-state index is -0.928. The smallest absolute Gasteiger partial charge is 0.341 e. The van der Waals surface area contributed by atoms with E-state index in [0.29, 0.717) is 16.5 Å². The van der Waals surface area contributed by atoms with Crippen molar-refractivity contribution in [2.45, 2.75) is 33.1 Å². The minimum absolute atomic E-state index is 0.230. The van der Waals surface area contributed by atoms with Gasteiger partial charge in [0, 0.05) is 4.88 Å². The molecule has 0 unspecified atom stereocenters. The Kier molecular flexibility index (Phi) is 6.64. The van der Waals surface area contributed by atoms with E-state index >= 15 is 0 Å². The minimum Gasteiger partial charge on any atom is -0.462 e. The molecule has 6 nitrogen and oxygen atoms in total. The number of hydrogen-bond acceptors (Lipinski definition) is 6. The van der Waals surface area contributed by atoms with Gasteiger partial charge in [-0.3, -0.25) is 4.79 Å². The summed E-state index contributed by atoms with van der Waals surface area (Å²) in [7, 11) is 0. The van der Waals surface area contributed by atoms with Gasteiger partial charge in [-0.25, -0.2) is 14.0 Å². The topological polar surface area (TPSA) is 81.7 Å². The first-order valence-corrected chi connectivity index (χ1v) is 10.3. The van der Waals surface area contributed by atoms with Crippen molar-refractivity contribution in [2.24, 2.45) is 5.92 Å². The number of thiophene rings is 1. The molecular formula is C21H22FNO5S. The molecule has 0 spiro atoms. The molecule has 0 radical (unpaired) electrons. The molecule has 1 amide bonds. The van der Waals surface area contributed by atoms with Gasteiger partial charge in [-0.1, -0.05) is 19.1 Å². The molecule has 0 saturated heterocycles. The Bertz CT molecular complexity index is 939. The van der Waals surface area contributed by atoms with E-state index in [4.69, 9.17) is 9.47 Å². The average Bonchev–Trinajstić information content (AvgIpc) is 3.03. The molecule has 3 rings (SSSR count). The van der Waals surface area contributed by atoms with E-state index in [-0.39, 0.29) is 12.2 Å². The van der Waals surface area contributed by atoms with Crippen molar-refractivity contribution < 1.29 is 28.2 Å². The highest BCUT2D eigenvalue weighted by Crippen LogP contribution is 2.40. The largest absolute Gasteiger partial charge is 0.462 e. The average molecular weight is 419 g/mol. The molecular weight excluding hydrogens is 397 g/mol. The Balaban J connectivity index is 1.72. The van der Waals surface area contributed by atoms with Crippen LogP contribution in [0.15, 0.2) is 24.3 Å². The number of halogens is 1. The predicted octanol–water partition coefficient (Wildman–Crippen LogP) is 3.98. The summed E-state index contributed by atoms with van der Waals surface area (Å²) in [6, 6.07) is 5.38. The number of benzene rings is 1. The van der Waals surface area contributed by atoms with Gasteiger partial charge in [0.1, 0.15) is 10.8 Å². The molecule has 0 aliphatic heterocycles. The first kappa shape index (κ1) is 21.0. The van der Waals surface area contributed by atoms with Crippen LogP contribution in [0.25, 0.3) is 0 Å². The fourth-order valence-electron chi connectivity index (χ4n) is 3.26. The molecule has 29 heavy (non-hydrogen) atoms. The number of carbonyl (C=O) groups is 3. The van der Waals surface area contributed by atoms with Gasteiger partial charge in [0.05, 0.1) is 17.7 Å². The van der Waals surface area contributed by atoms with Gasteiger partial charge in [0.25, 0.3) is 5.91 Å². The summed E-state index contributed by atoms with van der Waals surface area (Å²) >= 11 is 1.35. The molecule has 1 N–H and O–H groups in total. The van der Waals surface area contributed by atoms with Crippen LogP contribution in [0.1, 0.15) is 51.4 Å². The Labute approximate surface area is 172 Å². The van der Waals surface area contributed by atoms with E-state index in [1.807, 2.05) is 0 Å². The van der Waals surface area contributed by atoms with Crippen molar-refractivity contribution in [1.29, 1.82) is 0 Å². The van der Waals surface area contributed by atoms with Crippen LogP contribution in [0, 0.1) is 11.7 Å². The van der Waals surface area contributed by atoms with Crippen LogP contribution in [0.5, 0.6) is 0 Å². The zero-order valence-electron chi connectivity index (χ0n) is 16.2. The lowest BCUT2D eigenvalue weighted by molar-refractivity contribution is -0.119. The fraction of sp³-hybridized carbons (Fsp3) is 0.381. The second-order valence-electron chi connectivity index (χ2n) is 6.88. The van der Waals surface area contributed by atoms with Gasteiger partial charge >= 0.3 is 11.9 Å². The molecule has 1 aromatic heterocycles. The van der Waals surface area contributed by atoms with Gasteiger partial charge in [0.15, 0.2) is 6.61 Å². The Morgan fingerprint density at radius 2 is 1.97 bits per heavy atom. The summed E-state index contributed by atoms with van der Waals surface area (Å²) in [5, 5.41) is 3.05. The molecule has 1 heterocycles. The summed E-state index contributed by atoms with van der Waals surface area (Å²) < 4.78 is 23.7. The van der Waals surface area contributed by atoms with Crippen molar-refractivity contribution >= 4 is 34.2 Å². The third-order valence-electron chi connectivity index (χ3n) is 4.67. The summed E-state index contributed by atoms with van der Waals surface area (Å²) in [4.78, 5) is 37.8. The van der Waals surface area contributed by atoms with Gasteiger partial charge < -0.3 is 14.8 Å². The van der Waals surface area contributed by atoms with Gasteiger partial charge in [-0.05, 0) is 49.8 Å². The molecule has 0 saturated carbocycles. The summed E-state index contributed by atoms with van der Waals surface area (Å²) in [6.07, 6.45) is 2.55. The van der Waals surface area contributed by atoms with E-state index < -0.39 is 30.3 Å². The normalized spacial score (nSPS) is 15.3. The molecule has 1 aliphatic rings. The van der Waals surface area contributed by atoms with Gasteiger partial charge in [-0.2, -0.15) is 0 Å². The standard InChI is InChI=1S/C21H22FNO5S/c1-3-27-21(26)18-14-9-8-12(2)10-16(14)29-19(18)23-17(24)11-28-20(25)13-6-4-5-7-15(13)22/h4-7,12H,3,8-11H2,1-2H3,(H,23,24)/t12-/m0/s1. The highest BCUT2D eigenvalue weighted by atomic mass is 32.1. The molecule has 8 heteroatoms. The van der Waals surface area contributed by atoms with E-state index in [9.17, 15) is 18.8 Å². The molecule has 0 fully saturated rings. The van der Waals surface area contributed by atoms with E-state index in [1.165, 1.54) is 29.5 Å². The second kappa shape index (κ2) is 9.17. The van der Waals surface area contributed by atoms with Crippen molar-refractivity contribution in [1.82, 2.24) is 0 Å². The SMILES string of the molecule is CCOC(=O)c1c(NC(=O)COC(=O)c2ccccc2F)sc2c1CC[C@H](C)C2. The molecule has 1 atom stereocenters. The van der Waals surface area contributed by atoms with Crippen LogP contribution in [0.3, 0.4) is 0 Å². The molecule has 1 aromatic carbocycles. The highest BCUT2D eigenvalue weighted by Gasteiger charge is 2.29. The first-order valence-electron chi connectivity index (χ1n) is 9.43. The molecule has 2 aromatic rings. The maximum Gasteiger partial charge on any atom is 0.341 e. The van der Waals surface area contributed by atoms with Crippen LogP contribution < -0.4 is 5.32 Å². The number of carbonyl (C=O) groups excluding carboxylic acids is 3. The van der Waals surface area contributed by atoms with Crippen molar-refractivity contribution in [3.05, 3.63) is 51.7 Å². The molecule has 154 valence electrons. The summed E-state index contributed by atoms with van der Waals surface area (Å²) in [6.45, 7) is 3.51. The van der Waals surface area contributed by atoms with Crippen LogP contribution in [-0.4, -0.2) is 31.1 Å². The number of amides is 1. The number of esters is 2. The number of fused-ring (bicyclic) bond motifs is 1. The first-order chi connectivity index (χ1) is 13.9. The number of hydrogen-bond donors (Lipinski definition) is 1. The third-order valence-corrected chi connectivity index (χ3v) is 5.84. The monoisotopic (exact) mass is 419 g/mol. The second-order valence-corrected chi connectivity index (χ2v) is 7.99. The van der Waals surface area contributed by atoms with Crippen LogP contribution in [0.4, 0.5) is 9.39 Å². The fourth-order valence-corrected chi connectivity index (χ4v) is 4.67. The zero-order chi connectivity index (χ0) is 21.0. The Morgan fingerprint density at radius 1 is 1.21 bits per heavy atom. The van der Waals surface area contributed by atoms with Gasteiger partial charge in [0.2, 0.25) is 0 Å². The maximum absolute atomic E-state index is 13.6. The lowest BCUT2D eigenvalue weighted by Crippen LogP contribution is -2.22. The van der Waals surface area contributed by atoms with Crippen LogP contribution in [-0.2, 0) is 27.1 Å². The van der Waals surface area contributed by atoms with Gasteiger partial charge in [-0.15, -0.1) is 11.3 Å². The predicted molar refractivity (Wildman–Crippen MR) is 107 cm³/mol. The highest BCUT2D eigenvalue weighted by molar-refractivity contribution is 7.17. The van der Waals surface area contributed by atoms with E-state index in [2.05, 4.69) is 12.2 Å². The van der Waals surface area contributed by atoms with Crippen LogP contribution >= 0.6 is 11.3 Å². The number of nitrogens with one attached hydrogen (secondary N) is 1. The Morgan fingerprint density at radius 3 is 2.69 bits per heavy atom. The quantitative estimate of drug-likeness (QED) is 0.716. The van der Waals surface area contributed by atoms with Crippen molar-refractivity contribution in [2.75, 3.05) is 18.5 Å².